The topological polar surface area (TPSA) is 9.23 Å². The molecule has 84 valence electrons. The van der Waals surface area contributed by atoms with Crippen molar-refractivity contribution in [1.82, 2.24) is 0 Å². The largest absolute Gasteiger partial charge is 0.494 e. The van der Waals surface area contributed by atoms with Crippen LogP contribution in [-0.2, 0) is 0 Å². The summed E-state index contributed by atoms with van der Waals surface area (Å²) in [4.78, 5) is 0. The number of ether oxygens (including phenoxy) is 1. The fourth-order valence-corrected chi connectivity index (χ4v) is 1.98. The molecule has 15 heavy (non-hydrogen) atoms. The molecule has 0 aliphatic rings. The van der Waals surface area contributed by atoms with Gasteiger partial charge in [0.25, 0.3) is 0 Å². The van der Waals surface area contributed by atoms with Crippen molar-refractivity contribution in [3.63, 3.8) is 0 Å². The number of hydrogen-bond acceptors (Lipinski definition) is 1. The molecular weight excluding hydrogens is 388 g/mol. The van der Waals surface area contributed by atoms with E-state index in [0.29, 0.717) is 0 Å². The van der Waals surface area contributed by atoms with Gasteiger partial charge in [-0.3, -0.25) is 0 Å². The second-order valence-corrected chi connectivity index (χ2v) is 10.5. The highest BCUT2D eigenvalue weighted by molar-refractivity contribution is 9.39. The summed E-state index contributed by atoms with van der Waals surface area (Å²) in [6, 6.07) is 9.90. The predicted octanol–water partition coefficient (Wildman–Crippen LogP) is 5.07. The number of para-hydroxylation sites is 1. The Kier molecular flexibility index (Phi) is 6.24. The van der Waals surface area contributed by atoms with Crippen LogP contribution in [0, 0.1) is 0 Å². The van der Waals surface area contributed by atoms with Gasteiger partial charge >= 0.3 is 0 Å². The molecule has 0 heterocycles. The number of rotatable bonds is 5. The van der Waals surface area contributed by atoms with Crippen LogP contribution in [0.3, 0.4) is 0 Å². The number of halogens is 3. The normalized spacial score (nSPS) is 11.4. The number of hydrogen-bond donors (Lipinski definition) is 0. The van der Waals surface area contributed by atoms with Gasteiger partial charge in [-0.15, -0.1) is 0 Å². The van der Waals surface area contributed by atoms with Crippen molar-refractivity contribution in [1.29, 1.82) is 0 Å². The molecule has 0 spiro atoms. The molecule has 4 heteroatoms. The standard InChI is InChI=1S/C11H13Br3O/c12-11(13,14)8-4-5-9-15-10-6-2-1-3-7-10/h1-3,6-7H,4-5,8-9H2. The van der Waals surface area contributed by atoms with Crippen LogP contribution in [-0.4, -0.2) is 8.75 Å². The monoisotopic (exact) mass is 398 g/mol. The van der Waals surface area contributed by atoms with E-state index in [2.05, 4.69) is 47.8 Å². The van der Waals surface area contributed by atoms with Crippen LogP contribution in [0.4, 0.5) is 0 Å². The Labute approximate surface area is 116 Å². The molecule has 0 fully saturated rings. The van der Waals surface area contributed by atoms with E-state index in [1.807, 2.05) is 30.3 Å². The van der Waals surface area contributed by atoms with Gasteiger partial charge in [-0.2, -0.15) is 0 Å². The first-order valence-corrected chi connectivity index (χ1v) is 7.20. The van der Waals surface area contributed by atoms with E-state index in [0.717, 1.165) is 31.6 Å². The zero-order valence-electron chi connectivity index (χ0n) is 8.26. The van der Waals surface area contributed by atoms with E-state index in [1.165, 1.54) is 0 Å². The average molecular weight is 401 g/mol. The van der Waals surface area contributed by atoms with Crippen molar-refractivity contribution in [3.8, 4) is 5.75 Å². The fraction of sp³-hybridized carbons (Fsp3) is 0.455. The Hall–Kier alpha value is 0.460. The van der Waals surface area contributed by atoms with E-state index < -0.39 is 0 Å². The maximum atomic E-state index is 5.57. The Morgan fingerprint density at radius 1 is 1.00 bits per heavy atom. The van der Waals surface area contributed by atoms with Gasteiger partial charge in [0.15, 0.2) is 0 Å². The second kappa shape index (κ2) is 6.92. The molecule has 0 N–H and O–H groups in total. The Morgan fingerprint density at radius 3 is 2.27 bits per heavy atom. The van der Waals surface area contributed by atoms with Crippen LogP contribution in [0.2, 0.25) is 0 Å². The third-order valence-corrected chi connectivity index (χ3v) is 3.06. The van der Waals surface area contributed by atoms with Gasteiger partial charge in [0.1, 0.15) is 7.89 Å². The first-order valence-electron chi connectivity index (χ1n) is 4.82. The number of unbranched alkanes of at least 4 members (excludes halogenated alkanes) is 1. The van der Waals surface area contributed by atoms with Gasteiger partial charge in [-0.1, -0.05) is 66.0 Å². The van der Waals surface area contributed by atoms with Crippen LogP contribution in [0.1, 0.15) is 19.3 Å². The number of alkyl halides is 3. The molecule has 0 aromatic heterocycles. The van der Waals surface area contributed by atoms with Gasteiger partial charge in [0, 0.05) is 0 Å². The van der Waals surface area contributed by atoms with E-state index in [1.54, 1.807) is 0 Å². The molecule has 0 saturated heterocycles. The summed E-state index contributed by atoms with van der Waals surface area (Å²) in [6.07, 6.45) is 3.18. The smallest absolute Gasteiger partial charge is 0.135 e. The summed E-state index contributed by atoms with van der Waals surface area (Å²) in [5.41, 5.74) is 0. The van der Waals surface area contributed by atoms with Gasteiger partial charge in [-0.05, 0) is 31.4 Å². The molecule has 1 nitrogen and oxygen atoms in total. The van der Waals surface area contributed by atoms with Crippen molar-refractivity contribution >= 4 is 47.8 Å². The molecular formula is C11H13Br3O. The summed E-state index contributed by atoms with van der Waals surface area (Å²) in [6.45, 7) is 0.771. The van der Waals surface area contributed by atoms with Crippen molar-refractivity contribution in [2.45, 2.75) is 21.4 Å². The minimum atomic E-state index is -0.111. The van der Waals surface area contributed by atoms with Crippen LogP contribution in [0.5, 0.6) is 5.75 Å². The lowest BCUT2D eigenvalue weighted by Gasteiger charge is -2.11. The van der Waals surface area contributed by atoms with E-state index in [9.17, 15) is 0 Å². The highest BCUT2D eigenvalue weighted by Crippen LogP contribution is 2.38. The maximum absolute atomic E-state index is 5.57. The molecule has 1 rings (SSSR count). The third kappa shape index (κ3) is 7.36. The molecule has 0 aliphatic heterocycles. The van der Waals surface area contributed by atoms with Crippen molar-refractivity contribution in [2.75, 3.05) is 6.61 Å². The van der Waals surface area contributed by atoms with Crippen LogP contribution >= 0.6 is 47.8 Å². The zero-order chi connectivity index (χ0) is 11.1. The number of benzene rings is 1. The summed E-state index contributed by atoms with van der Waals surface area (Å²) >= 11 is 10.4. The summed E-state index contributed by atoms with van der Waals surface area (Å²) in [7, 11) is 0. The van der Waals surface area contributed by atoms with Gasteiger partial charge < -0.3 is 4.74 Å². The quantitative estimate of drug-likeness (QED) is 0.495. The highest BCUT2D eigenvalue weighted by atomic mass is 80.0. The minimum Gasteiger partial charge on any atom is -0.494 e. The lowest BCUT2D eigenvalue weighted by Crippen LogP contribution is -2.02. The molecule has 0 atom stereocenters. The van der Waals surface area contributed by atoms with Crippen LogP contribution in [0.25, 0.3) is 0 Å². The molecule has 0 radical (unpaired) electrons. The van der Waals surface area contributed by atoms with E-state index >= 15 is 0 Å². The third-order valence-electron chi connectivity index (χ3n) is 1.87. The van der Waals surface area contributed by atoms with Crippen molar-refractivity contribution in [2.24, 2.45) is 0 Å². The lowest BCUT2D eigenvalue weighted by molar-refractivity contribution is 0.306. The molecule has 0 amide bonds. The summed E-state index contributed by atoms with van der Waals surface area (Å²) < 4.78 is 5.46. The van der Waals surface area contributed by atoms with Crippen LogP contribution < -0.4 is 4.74 Å². The zero-order valence-corrected chi connectivity index (χ0v) is 13.0. The Bertz CT molecular complexity index is 269. The molecule has 0 unspecified atom stereocenters. The summed E-state index contributed by atoms with van der Waals surface area (Å²) in [5, 5.41) is 0. The molecule has 0 aliphatic carbocycles. The van der Waals surface area contributed by atoms with Gasteiger partial charge in [0.2, 0.25) is 0 Å². The van der Waals surface area contributed by atoms with Crippen molar-refractivity contribution in [3.05, 3.63) is 30.3 Å². The molecule has 0 saturated carbocycles. The van der Waals surface area contributed by atoms with Crippen LogP contribution in [0.15, 0.2) is 30.3 Å². The second-order valence-electron chi connectivity index (χ2n) is 3.23. The fourth-order valence-electron chi connectivity index (χ4n) is 1.13. The molecule has 0 bridgehead atoms. The SMILES string of the molecule is BrC(Br)(Br)CCCCOc1ccccc1. The van der Waals surface area contributed by atoms with Gasteiger partial charge in [0.05, 0.1) is 6.61 Å². The molecule has 1 aromatic rings. The first kappa shape index (κ1) is 13.5. The first-order chi connectivity index (χ1) is 7.08. The Morgan fingerprint density at radius 2 is 1.67 bits per heavy atom. The average Bonchev–Trinajstić information content (AvgIpc) is 2.17. The molecule has 1 aromatic carbocycles. The minimum absolute atomic E-state index is 0.111. The lowest BCUT2D eigenvalue weighted by atomic mass is 10.3. The summed E-state index contributed by atoms with van der Waals surface area (Å²) in [5.74, 6) is 0.945. The van der Waals surface area contributed by atoms with E-state index in [-0.39, 0.29) is 2.14 Å². The maximum Gasteiger partial charge on any atom is 0.135 e. The predicted molar refractivity (Wildman–Crippen MR) is 75.3 cm³/mol. The Balaban J connectivity index is 2.08. The van der Waals surface area contributed by atoms with Crippen molar-refractivity contribution < 1.29 is 4.74 Å². The highest BCUT2D eigenvalue weighted by Gasteiger charge is 2.16. The van der Waals surface area contributed by atoms with Gasteiger partial charge in [-0.25, -0.2) is 0 Å². The van der Waals surface area contributed by atoms with E-state index in [4.69, 9.17) is 4.74 Å².